The standard InChI is InChI=1S/C18H24N4O2/c1-13-5-8-17(24-4)16(11-13)21-14-6-7-15(20-12-14)18(23)19-9-10-22(2)3/h5-8,11-12,21H,9-10H2,1-4H3,(H,19,23). The van der Waals surface area contributed by atoms with Crippen molar-refractivity contribution in [2.75, 3.05) is 39.6 Å². The topological polar surface area (TPSA) is 66.5 Å². The molecule has 0 fully saturated rings. The monoisotopic (exact) mass is 328 g/mol. The van der Waals surface area contributed by atoms with Gasteiger partial charge in [0.2, 0.25) is 0 Å². The number of pyridine rings is 1. The molecule has 0 saturated heterocycles. The lowest BCUT2D eigenvalue weighted by atomic mass is 10.2. The van der Waals surface area contributed by atoms with E-state index in [1.165, 1.54) is 0 Å². The van der Waals surface area contributed by atoms with Crippen molar-refractivity contribution in [1.82, 2.24) is 15.2 Å². The molecule has 2 N–H and O–H groups in total. The average molecular weight is 328 g/mol. The lowest BCUT2D eigenvalue weighted by Gasteiger charge is -2.12. The predicted molar refractivity (Wildman–Crippen MR) is 96.1 cm³/mol. The molecule has 1 heterocycles. The Labute approximate surface area is 142 Å². The fourth-order valence-electron chi connectivity index (χ4n) is 2.16. The Morgan fingerprint density at radius 1 is 1.25 bits per heavy atom. The van der Waals surface area contributed by atoms with E-state index in [-0.39, 0.29) is 5.91 Å². The molecule has 0 saturated carbocycles. The first-order valence-electron chi connectivity index (χ1n) is 7.80. The Morgan fingerprint density at radius 3 is 2.67 bits per heavy atom. The second-order valence-electron chi connectivity index (χ2n) is 5.82. The largest absolute Gasteiger partial charge is 0.495 e. The molecule has 0 aliphatic heterocycles. The molecule has 0 spiro atoms. The van der Waals surface area contributed by atoms with E-state index >= 15 is 0 Å². The number of rotatable bonds is 7. The van der Waals surface area contributed by atoms with E-state index in [9.17, 15) is 4.79 Å². The minimum absolute atomic E-state index is 0.170. The summed E-state index contributed by atoms with van der Waals surface area (Å²) in [7, 11) is 5.56. The summed E-state index contributed by atoms with van der Waals surface area (Å²) < 4.78 is 5.35. The third kappa shape index (κ3) is 4.96. The highest BCUT2D eigenvalue weighted by molar-refractivity contribution is 5.92. The summed E-state index contributed by atoms with van der Waals surface area (Å²) in [5, 5.41) is 6.10. The minimum atomic E-state index is -0.170. The number of carbonyl (C=O) groups excluding carboxylic acids is 1. The number of aryl methyl sites for hydroxylation is 1. The highest BCUT2D eigenvalue weighted by atomic mass is 16.5. The SMILES string of the molecule is COc1ccc(C)cc1Nc1ccc(C(=O)NCCN(C)C)nc1. The van der Waals surface area contributed by atoms with Crippen molar-refractivity contribution in [2.45, 2.75) is 6.92 Å². The number of nitrogens with one attached hydrogen (secondary N) is 2. The highest BCUT2D eigenvalue weighted by Gasteiger charge is 2.08. The summed E-state index contributed by atoms with van der Waals surface area (Å²) in [6.07, 6.45) is 1.64. The number of benzene rings is 1. The zero-order chi connectivity index (χ0) is 17.5. The maximum absolute atomic E-state index is 12.0. The van der Waals surface area contributed by atoms with E-state index in [0.29, 0.717) is 12.2 Å². The van der Waals surface area contributed by atoms with Crippen LogP contribution in [0, 0.1) is 6.92 Å². The summed E-state index contributed by atoms with van der Waals surface area (Å²) in [6.45, 7) is 3.40. The Hall–Kier alpha value is -2.60. The maximum Gasteiger partial charge on any atom is 0.269 e. The van der Waals surface area contributed by atoms with E-state index in [4.69, 9.17) is 4.74 Å². The van der Waals surface area contributed by atoms with Crippen molar-refractivity contribution in [2.24, 2.45) is 0 Å². The number of ether oxygens (including phenoxy) is 1. The van der Waals surface area contributed by atoms with Gasteiger partial charge in [-0.15, -0.1) is 0 Å². The van der Waals surface area contributed by atoms with Crippen LogP contribution in [0.2, 0.25) is 0 Å². The van der Waals surface area contributed by atoms with Crippen molar-refractivity contribution in [3.63, 3.8) is 0 Å². The third-order valence-electron chi connectivity index (χ3n) is 3.47. The molecule has 128 valence electrons. The van der Waals surface area contributed by atoms with E-state index in [2.05, 4.69) is 15.6 Å². The van der Waals surface area contributed by atoms with Gasteiger partial charge in [0.05, 0.1) is 24.7 Å². The van der Waals surface area contributed by atoms with E-state index in [1.807, 2.05) is 50.2 Å². The van der Waals surface area contributed by atoms with Crippen LogP contribution in [0.5, 0.6) is 5.75 Å². The number of carbonyl (C=O) groups is 1. The molecule has 1 aromatic carbocycles. The highest BCUT2D eigenvalue weighted by Crippen LogP contribution is 2.28. The number of nitrogens with zero attached hydrogens (tertiary/aromatic N) is 2. The zero-order valence-corrected chi connectivity index (χ0v) is 14.6. The number of anilines is 2. The molecular weight excluding hydrogens is 304 g/mol. The molecule has 1 aromatic heterocycles. The Kier molecular flexibility index (Phi) is 6.14. The van der Waals surface area contributed by atoms with Gasteiger partial charge in [-0.05, 0) is 50.8 Å². The van der Waals surface area contributed by atoms with Gasteiger partial charge in [0.1, 0.15) is 11.4 Å². The first-order valence-corrected chi connectivity index (χ1v) is 7.80. The van der Waals surface area contributed by atoms with Crippen LogP contribution in [-0.4, -0.2) is 50.1 Å². The fourth-order valence-corrected chi connectivity index (χ4v) is 2.16. The van der Waals surface area contributed by atoms with Gasteiger partial charge in [-0.1, -0.05) is 6.07 Å². The number of aromatic nitrogens is 1. The number of likely N-dealkylation sites (N-methyl/N-ethyl adjacent to an activating group) is 1. The average Bonchev–Trinajstić information content (AvgIpc) is 2.55. The smallest absolute Gasteiger partial charge is 0.269 e. The second-order valence-corrected chi connectivity index (χ2v) is 5.82. The van der Waals surface area contributed by atoms with Gasteiger partial charge in [0.25, 0.3) is 5.91 Å². The van der Waals surface area contributed by atoms with Crippen LogP contribution in [0.1, 0.15) is 16.1 Å². The Balaban J connectivity index is 2.02. The van der Waals surface area contributed by atoms with Gasteiger partial charge >= 0.3 is 0 Å². The van der Waals surface area contributed by atoms with E-state index in [1.54, 1.807) is 19.4 Å². The van der Waals surface area contributed by atoms with Crippen LogP contribution < -0.4 is 15.4 Å². The number of hydrogen-bond acceptors (Lipinski definition) is 5. The van der Waals surface area contributed by atoms with Crippen molar-refractivity contribution < 1.29 is 9.53 Å². The fraction of sp³-hybridized carbons (Fsp3) is 0.333. The van der Waals surface area contributed by atoms with Crippen LogP contribution in [0.3, 0.4) is 0 Å². The van der Waals surface area contributed by atoms with Crippen molar-refractivity contribution in [3.8, 4) is 5.75 Å². The molecule has 6 nitrogen and oxygen atoms in total. The van der Waals surface area contributed by atoms with Gasteiger partial charge < -0.3 is 20.3 Å². The molecule has 0 radical (unpaired) electrons. The molecule has 0 aliphatic carbocycles. The zero-order valence-electron chi connectivity index (χ0n) is 14.6. The summed E-state index contributed by atoms with van der Waals surface area (Å²) in [5.74, 6) is 0.586. The molecular formula is C18H24N4O2. The van der Waals surface area contributed by atoms with Crippen molar-refractivity contribution >= 4 is 17.3 Å². The summed E-state index contributed by atoms with van der Waals surface area (Å²) in [6, 6.07) is 9.44. The molecule has 0 atom stereocenters. The third-order valence-corrected chi connectivity index (χ3v) is 3.47. The first kappa shape index (κ1) is 17.7. The molecule has 2 aromatic rings. The number of amides is 1. The normalized spacial score (nSPS) is 10.5. The molecule has 24 heavy (non-hydrogen) atoms. The van der Waals surface area contributed by atoms with E-state index < -0.39 is 0 Å². The molecule has 6 heteroatoms. The van der Waals surface area contributed by atoms with Gasteiger partial charge in [0, 0.05) is 13.1 Å². The maximum atomic E-state index is 12.0. The quantitative estimate of drug-likeness (QED) is 0.817. The summed E-state index contributed by atoms with van der Waals surface area (Å²) in [5.41, 5.74) is 3.19. The number of methoxy groups -OCH3 is 1. The van der Waals surface area contributed by atoms with Gasteiger partial charge in [-0.25, -0.2) is 4.98 Å². The van der Waals surface area contributed by atoms with Crippen molar-refractivity contribution in [1.29, 1.82) is 0 Å². The van der Waals surface area contributed by atoms with Gasteiger partial charge in [0.15, 0.2) is 0 Å². The van der Waals surface area contributed by atoms with Crippen LogP contribution >= 0.6 is 0 Å². The molecule has 2 rings (SSSR count). The molecule has 0 bridgehead atoms. The summed E-state index contributed by atoms with van der Waals surface area (Å²) >= 11 is 0. The predicted octanol–water partition coefficient (Wildman–Crippen LogP) is 2.43. The lowest BCUT2D eigenvalue weighted by molar-refractivity contribution is 0.0946. The molecule has 0 unspecified atom stereocenters. The lowest BCUT2D eigenvalue weighted by Crippen LogP contribution is -2.31. The van der Waals surface area contributed by atoms with Gasteiger partial charge in [-0.3, -0.25) is 4.79 Å². The Bertz CT molecular complexity index is 684. The number of hydrogen-bond donors (Lipinski definition) is 2. The van der Waals surface area contributed by atoms with Gasteiger partial charge in [-0.2, -0.15) is 0 Å². The molecule has 1 amide bonds. The minimum Gasteiger partial charge on any atom is -0.495 e. The van der Waals surface area contributed by atoms with Crippen LogP contribution in [0.4, 0.5) is 11.4 Å². The van der Waals surface area contributed by atoms with Crippen molar-refractivity contribution in [3.05, 3.63) is 47.8 Å². The summed E-state index contributed by atoms with van der Waals surface area (Å²) in [4.78, 5) is 18.2. The second kappa shape index (κ2) is 8.31. The molecule has 0 aliphatic rings. The van der Waals surface area contributed by atoms with Crippen LogP contribution in [-0.2, 0) is 0 Å². The first-order chi connectivity index (χ1) is 11.5. The van der Waals surface area contributed by atoms with Crippen LogP contribution in [0.15, 0.2) is 36.5 Å². The van der Waals surface area contributed by atoms with E-state index in [0.717, 1.165) is 29.2 Å². The Morgan fingerprint density at radius 2 is 2.04 bits per heavy atom. The van der Waals surface area contributed by atoms with Crippen LogP contribution in [0.25, 0.3) is 0 Å².